The first-order valence-corrected chi connectivity index (χ1v) is 10.6. The van der Waals surface area contributed by atoms with Crippen molar-refractivity contribution in [3.05, 3.63) is 64.2 Å². The van der Waals surface area contributed by atoms with Gasteiger partial charge in [0.2, 0.25) is 0 Å². The molecule has 1 amide bonds. The Balaban J connectivity index is 1.95. The topological polar surface area (TPSA) is 86.3 Å². The van der Waals surface area contributed by atoms with Gasteiger partial charge in [-0.1, -0.05) is 23.7 Å². The zero-order valence-corrected chi connectivity index (χ0v) is 18.9. The number of amides is 1. The van der Waals surface area contributed by atoms with Gasteiger partial charge in [-0.05, 0) is 41.5 Å². The first-order valence-electron chi connectivity index (χ1n) is 10.3. The summed E-state index contributed by atoms with van der Waals surface area (Å²) in [6.45, 7) is 3.15. The Hall–Kier alpha value is -2.81. The van der Waals surface area contributed by atoms with Gasteiger partial charge in [0, 0.05) is 30.3 Å². The molecular weight excluding hydrogens is 436 g/mol. The summed E-state index contributed by atoms with van der Waals surface area (Å²) in [7, 11) is 2.66. The third-order valence-electron chi connectivity index (χ3n) is 5.03. The minimum absolute atomic E-state index is 0.224. The highest BCUT2D eigenvalue weighted by Crippen LogP contribution is 2.32. The Labute approximate surface area is 192 Å². The van der Waals surface area contributed by atoms with Gasteiger partial charge in [-0.2, -0.15) is 0 Å². The molecule has 3 rings (SSSR count). The quantitative estimate of drug-likeness (QED) is 0.475. The SMILES string of the molecule is COC(=O)NCCOC(c1cccc(Cl)c1)c1cc(C(=O)OC)cc(N2CCOCC2)c1. The van der Waals surface area contributed by atoms with Gasteiger partial charge in [0.15, 0.2) is 0 Å². The number of nitrogens with one attached hydrogen (secondary N) is 1. The number of hydrogen-bond donors (Lipinski definition) is 1. The summed E-state index contributed by atoms with van der Waals surface area (Å²) in [6.07, 6.45) is -1.05. The number of anilines is 1. The molecule has 1 unspecified atom stereocenters. The number of halogens is 1. The standard InChI is InChI=1S/C23H27ClN2O6/c1-29-22(27)18-12-17(14-20(15-18)26-7-10-31-11-8-26)21(16-4-3-5-19(24)13-16)32-9-6-25-23(28)30-2/h3-5,12-15,21H,6-11H2,1-2H3,(H,25,28). The van der Waals surface area contributed by atoms with E-state index in [0.29, 0.717) is 23.8 Å². The summed E-state index contributed by atoms with van der Waals surface area (Å²) in [5.41, 5.74) is 2.91. The number of alkyl carbamates (subject to hydrolysis) is 1. The van der Waals surface area contributed by atoms with Crippen molar-refractivity contribution in [1.29, 1.82) is 0 Å². The molecule has 1 N–H and O–H groups in total. The fourth-order valence-electron chi connectivity index (χ4n) is 3.48. The maximum atomic E-state index is 12.4. The molecule has 0 saturated carbocycles. The number of ether oxygens (including phenoxy) is 4. The van der Waals surface area contributed by atoms with Gasteiger partial charge in [0.25, 0.3) is 0 Å². The molecule has 2 aromatic carbocycles. The van der Waals surface area contributed by atoms with E-state index in [-0.39, 0.29) is 13.2 Å². The summed E-state index contributed by atoms with van der Waals surface area (Å²) in [4.78, 5) is 25.9. The van der Waals surface area contributed by atoms with Crippen LogP contribution < -0.4 is 10.2 Å². The van der Waals surface area contributed by atoms with Gasteiger partial charge in [-0.25, -0.2) is 9.59 Å². The predicted octanol–water partition coefficient (Wildman–Crippen LogP) is 3.43. The smallest absolute Gasteiger partial charge is 0.406 e. The lowest BCUT2D eigenvalue weighted by molar-refractivity contribution is 0.0598. The van der Waals surface area contributed by atoms with Crippen LogP contribution in [0.3, 0.4) is 0 Å². The molecule has 1 fully saturated rings. The van der Waals surface area contributed by atoms with Gasteiger partial charge >= 0.3 is 12.1 Å². The number of carbonyl (C=O) groups excluding carboxylic acids is 2. The van der Waals surface area contributed by atoms with E-state index in [1.165, 1.54) is 14.2 Å². The van der Waals surface area contributed by atoms with E-state index in [4.69, 9.17) is 25.8 Å². The lowest BCUT2D eigenvalue weighted by atomic mass is 9.98. The van der Waals surface area contributed by atoms with Gasteiger partial charge in [-0.15, -0.1) is 0 Å². The molecule has 0 aromatic heterocycles. The highest BCUT2D eigenvalue weighted by Gasteiger charge is 2.21. The van der Waals surface area contributed by atoms with E-state index in [2.05, 4.69) is 15.0 Å². The highest BCUT2D eigenvalue weighted by atomic mass is 35.5. The average Bonchev–Trinajstić information content (AvgIpc) is 2.83. The van der Waals surface area contributed by atoms with Crippen LogP contribution in [0.1, 0.15) is 27.6 Å². The fourth-order valence-corrected chi connectivity index (χ4v) is 3.68. The second-order valence-electron chi connectivity index (χ2n) is 7.13. The van der Waals surface area contributed by atoms with E-state index >= 15 is 0 Å². The van der Waals surface area contributed by atoms with Crippen molar-refractivity contribution in [3.8, 4) is 0 Å². The second-order valence-corrected chi connectivity index (χ2v) is 7.56. The molecule has 0 bridgehead atoms. The van der Waals surface area contributed by atoms with Crippen molar-refractivity contribution < 1.29 is 28.5 Å². The fraction of sp³-hybridized carbons (Fsp3) is 0.391. The molecule has 1 aliphatic heterocycles. The van der Waals surface area contributed by atoms with Crippen LogP contribution in [0.15, 0.2) is 42.5 Å². The highest BCUT2D eigenvalue weighted by molar-refractivity contribution is 6.30. The van der Waals surface area contributed by atoms with Crippen LogP contribution in [0.5, 0.6) is 0 Å². The first-order chi connectivity index (χ1) is 15.5. The lowest BCUT2D eigenvalue weighted by Gasteiger charge is -2.30. The molecule has 172 valence electrons. The number of esters is 1. The van der Waals surface area contributed by atoms with Gasteiger partial charge < -0.3 is 29.2 Å². The van der Waals surface area contributed by atoms with E-state index < -0.39 is 18.2 Å². The number of nitrogens with zero attached hydrogens (tertiary/aromatic N) is 1. The van der Waals surface area contributed by atoms with Crippen molar-refractivity contribution in [2.75, 3.05) is 58.6 Å². The molecule has 1 saturated heterocycles. The zero-order valence-electron chi connectivity index (χ0n) is 18.1. The third-order valence-corrected chi connectivity index (χ3v) is 5.27. The Bertz CT molecular complexity index is 932. The number of methoxy groups -OCH3 is 2. The van der Waals surface area contributed by atoms with Crippen molar-refractivity contribution in [2.24, 2.45) is 0 Å². The van der Waals surface area contributed by atoms with E-state index in [0.717, 1.165) is 29.9 Å². The van der Waals surface area contributed by atoms with Crippen LogP contribution in [0.4, 0.5) is 10.5 Å². The molecule has 32 heavy (non-hydrogen) atoms. The Morgan fingerprint density at radius 2 is 1.88 bits per heavy atom. The summed E-state index contributed by atoms with van der Waals surface area (Å²) >= 11 is 6.23. The van der Waals surface area contributed by atoms with Crippen LogP contribution in [0.2, 0.25) is 5.02 Å². The summed E-state index contributed by atoms with van der Waals surface area (Å²) < 4.78 is 21.2. The number of benzene rings is 2. The van der Waals surface area contributed by atoms with E-state index in [1.54, 1.807) is 12.1 Å². The molecule has 1 atom stereocenters. The third kappa shape index (κ3) is 6.35. The molecule has 1 heterocycles. The van der Waals surface area contributed by atoms with Crippen LogP contribution in [0, 0.1) is 0 Å². The molecule has 8 nitrogen and oxygen atoms in total. The number of carbonyl (C=O) groups is 2. The second kappa shape index (κ2) is 11.7. The normalized spacial score (nSPS) is 14.5. The minimum Gasteiger partial charge on any atom is -0.465 e. The molecule has 0 radical (unpaired) electrons. The molecule has 1 aliphatic rings. The summed E-state index contributed by atoms with van der Waals surface area (Å²) in [6, 6.07) is 12.9. The van der Waals surface area contributed by atoms with E-state index in [1.807, 2.05) is 30.3 Å². The van der Waals surface area contributed by atoms with Gasteiger partial charge in [0.1, 0.15) is 6.10 Å². The minimum atomic E-state index is -0.532. The van der Waals surface area contributed by atoms with Crippen LogP contribution in [0.25, 0.3) is 0 Å². The summed E-state index contributed by atoms with van der Waals surface area (Å²) in [5, 5.41) is 3.17. The Kier molecular flexibility index (Phi) is 8.72. The van der Waals surface area contributed by atoms with Crippen molar-refractivity contribution >= 4 is 29.4 Å². The number of morpholine rings is 1. The van der Waals surface area contributed by atoms with Crippen molar-refractivity contribution in [3.63, 3.8) is 0 Å². The predicted molar refractivity (Wildman–Crippen MR) is 120 cm³/mol. The lowest BCUT2D eigenvalue weighted by Crippen LogP contribution is -2.36. The largest absolute Gasteiger partial charge is 0.465 e. The van der Waals surface area contributed by atoms with Crippen LogP contribution in [-0.2, 0) is 18.9 Å². The summed E-state index contributed by atoms with van der Waals surface area (Å²) in [5.74, 6) is -0.432. The molecule has 0 spiro atoms. The maximum Gasteiger partial charge on any atom is 0.406 e. The van der Waals surface area contributed by atoms with Gasteiger partial charge in [-0.3, -0.25) is 0 Å². The Morgan fingerprint density at radius 1 is 1.09 bits per heavy atom. The number of rotatable bonds is 8. The number of hydrogen-bond acceptors (Lipinski definition) is 7. The molecular formula is C23H27ClN2O6. The molecule has 0 aliphatic carbocycles. The van der Waals surface area contributed by atoms with Gasteiger partial charge in [0.05, 0.1) is 39.6 Å². The van der Waals surface area contributed by atoms with Crippen molar-refractivity contribution in [1.82, 2.24) is 5.32 Å². The Morgan fingerprint density at radius 3 is 2.56 bits per heavy atom. The average molecular weight is 463 g/mol. The molecule has 2 aromatic rings. The van der Waals surface area contributed by atoms with Crippen molar-refractivity contribution in [2.45, 2.75) is 6.10 Å². The monoisotopic (exact) mass is 462 g/mol. The molecule has 9 heteroatoms. The first kappa shape index (κ1) is 23.8. The maximum absolute atomic E-state index is 12.4. The van der Waals surface area contributed by atoms with Crippen LogP contribution in [-0.4, -0.2) is 65.7 Å². The van der Waals surface area contributed by atoms with Crippen LogP contribution >= 0.6 is 11.6 Å². The van der Waals surface area contributed by atoms with E-state index in [9.17, 15) is 9.59 Å². The zero-order chi connectivity index (χ0) is 22.9.